The molecule has 222 valence electrons. The largest absolute Gasteiger partial charge is 0.508 e. The maximum Gasteiger partial charge on any atom is 0.308 e. The maximum absolute atomic E-state index is 14.3. The molecule has 12 heteroatoms. The summed E-state index contributed by atoms with van der Waals surface area (Å²) in [5, 5.41) is 62.0. The number of fused-ring (bicyclic) bond motifs is 2. The maximum atomic E-state index is 14.3. The van der Waals surface area contributed by atoms with Crippen LogP contribution >= 0.6 is 0 Å². The van der Waals surface area contributed by atoms with Gasteiger partial charge in [-0.2, -0.15) is 0 Å². The molecule has 0 radical (unpaired) electrons. The Morgan fingerprint density at radius 2 is 1.50 bits per heavy atom. The highest BCUT2D eigenvalue weighted by atomic mass is 16.5. The number of ketones is 1. The topological polar surface area (TPSA) is 204 Å². The van der Waals surface area contributed by atoms with E-state index in [4.69, 9.17) is 13.9 Å². The zero-order chi connectivity index (χ0) is 31.4. The molecule has 1 aliphatic heterocycles. The van der Waals surface area contributed by atoms with Crippen LogP contribution in [0.2, 0.25) is 0 Å². The van der Waals surface area contributed by atoms with Crippen LogP contribution in [0.4, 0.5) is 0 Å². The lowest BCUT2D eigenvalue weighted by atomic mass is 9.79. The molecule has 6 rings (SSSR count). The van der Waals surface area contributed by atoms with Crippen LogP contribution < -0.4 is 14.9 Å². The van der Waals surface area contributed by atoms with Crippen molar-refractivity contribution in [1.29, 1.82) is 0 Å². The molecule has 0 fully saturated rings. The van der Waals surface area contributed by atoms with Gasteiger partial charge < -0.3 is 44.5 Å². The van der Waals surface area contributed by atoms with Crippen molar-refractivity contribution in [3.63, 3.8) is 0 Å². The summed E-state index contributed by atoms with van der Waals surface area (Å²) in [6.07, 6.45) is -1.27. The molecule has 0 aliphatic carbocycles. The van der Waals surface area contributed by atoms with E-state index in [2.05, 4.69) is 0 Å². The summed E-state index contributed by atoms with van der Waals surface area (Å²) < 4.78 is 17.3. The highest BCUT2D eigenvalue weighted by molar-refractivity contribution is 6.09. The molecular weight excluding hydrogens is 576 g/mol. The fourth-order valence-electron chi connectivity index (χ4n) is 5.29. The van der Waals surface area contributed by atoms with E-state index < -0.39 is 58.0 Å². The van der Waals surface area contributed by atoms with Crippen LogP contribution in [0, 0.1) is 0 Å². The predicted molar refractivity (Wildman–Crippen MR) is 153 cm³/mol. The molecule has 5 aromatic rings. The van der Waals surface area contributed by atoms with Crippen molar-refractivity contribution in [2.75, 3.05) is 0 Å². The second-order valence-corrected chi connectivity index (χ2v) is 10.1. The Labute approximate surface area is 246 Å². The third-order valence-corrected chi connectivity index (χ3v) is 7.19. The number of hydrogen-bond donors (Lipinski definition) is 6. The first-order chi connectivity index (χ1) is 20.9. The highest BCUT2D eigenvalue weighted by Crippen LogP contribution is 2.52. The van der Waals surface area contributed by atoms with Gasteiger partial charge in [0.25, 0.3) is 0 Å². The molecule has 1 aliphatic rings. The summed E-state index contributed by atoms with van der Waals surface area (Å²) in [6, 6.07) is 13.4. The van der Waals surface area contributed by atoms with Crippen LogP contribution in [0.5, 0.6) is 46.0 Å². The van der Waals surface area contributed by atoms with E-state index in [1.165, 1.54) is 42.5 Å². The number of Topliss-reactive ketones (excluding diaryl/α,β-unsaturated/α-hetero) is 1. The van der Waals surface area contributed by atoms with Gasteiger partial charge >= 0.3 is 5.97 Å². The SMILES string of the molecule is CC(=O)Oc1cc(O)c2c(c1)OC(c1ccc(O)cc1)C(c1c(O)cc(O)c3c(=O)cc(-c4ccc(O)c(O)c4)oc13)C2=O. The van der Waals surface area contributed by atoms with Crippen molar-refractivity contribution in [3.05, 3.63) is 93.6 Å². The highest BCUT2D eigenvalue weighted by Gasteiger charge is 2.44. The van der Waals surface area contributed by atoms with E-state index in [0.717, 1.165) is 31.2 Å². The molecule has 4 aromatic carbocycles. The van der Waals surface area contributed by atoms with Gasteiger partial charge in [-0.25, -0.2) is 0 Å². The third-order valence-electron chi connectivity index (χ3n) is 7.19. The van der Waals surface area contributed by atoms with E-state index in [0.29, 0.717) is 5.56 Å². The lowest BCUT2D eigenvalue weighted by Crippen LogP contribution is -2.30. The number of benzene rings is 4. The third kappa shape index (κ3) is 4.64. The van der Waals surface area contributed by atoms with Crippen molar-refractivity contribution < 1.29 is 54.1 Å². The summed E-state index contributed by atoms with van der Waals surface area (Å²) in [5.74, 6) is -6.27. The lowest BCUT2D eigenvalue weighted by molar-refractivity contribution is -0.131. The molecule has 0 amide bonds. The molecule has 2 unspecified atom stereocenters. The lowest BCUT2D eigenvalue weighted by Gasteiger charge is -2.34. The molecule has 0 saturated carbocycles. The first kappa shape index (κ1) is 28.0. The van der Waals surface area contributed by atoms with Crippen molar-refractivity contribution in [1.82, 2.24) is 0 Å². The van der Waals surface area contributed by atoms with Crippen molar-refractivity contribution in [2.24, 2.45) is 0 Å². The van der Waals surface area contributed by atoms with E-state index >= 15 is 0 Å². The molecule has 2 atom stereocenters. The van der Waals surface area contributed by atoms with Gasteiger partial charge in [-0.1, -0.05) is 12.1 Å². The fourth-order valence-corrected chi connectivity index (χ4v) is 5.29. The Morgan fingerprint density at radius 3 is 2.18 bits per heavy atom. The van der Waals surface area contributed by atoms with Gasteiger partial charge in [-0.3, -0.25) is 14.4 Å². The minimum atomic E-state index is -1.51. The minimum Gasteiger partial charge on any atom is -0.508 e. The molecule has 44 heavy (non-hydrogen) atoms. The number of carbonyl (C=O) groups is 2. The van der Waals surface area contributed by atoms with Crippen LogP contribution in [0.3, 0.4) is 0 Å². The Kier molecular flexibility index (Phi) is 6.53. The second kappa shape index (κ2) is 10.3. The second-order valence-electron chi connectivity index (χ2n) is 10.1. The summed E-state index contributed by atoms with van der Waals surface area (Å²) in [7, 11) is 0. The summed E-state index contributed by atoms with van der Waals surface area (Å²) >= 11 is 0. The van der Waals surface area contributed by atoms with Gasteiger partial charge in [0, 0.05) is 36.8 Å². The standard InChI is InChI=1S/C32H22O12/c1-13(33)42-17-9-20(37)27-25(10-17)44-31(14-2-5-16(34)6-3-14)29(30(27)41)28-22(39)11-21(38)26-23(40)12-24(43-32(26)28)15-4-7-18(35)19(36)8-15/h2-12,29,31,34-39H,1H3. The van der Waals surface area contributed by atoms with Gasteiger partial charge in [0.1, 0.15) is 62.9 Å². The van der Waals surface area contributed by atoms with E-state index in [1.54, 1.807) is 0 Å². The Hall–Kier alpha value is -6.17. The summed E-state index contributed by atoms with van der Waals surface area (Å²) in [6.45, 7) is 1.15. The number of hydrogen-bond acceptors (Lipinski definition) is 12. The number of aromatic hydroxyl groups is 6. The number of esters is 1. The van der Waals surface area contributed by atoms with Gasteiger partial charge in [0.2, 0.25) is 0 Å². The first-order valence-corrected chi connectivity index (χ1v) is 13.0. The molecule has 2 heterocycles. The van der Waals surface area contributed by atoms with Gasteiger partial charge in [-0.15, -0.1) is 0 Å². The smallest absolute Gasteiger partial charge is 0.308 e. The number of rotatable bonds is 4. The zero-order valence-electron chi connectivity index (χ0n) is 22.6. The number of phenols is 6. The molecular formula is C32H22O12. The summed E-state index contributed by atoms with van der Waals surface area (Å²) in [4.78, 5) is 39.1. The van der Waals surface area contributed by atoms with Crippen LogP contribution in [-0.4, -0.2) is 42.4 Å². The fraction of sp³-hybridized carbons (Fsp3) is 0.0938. The molecule has 6 N–H and O–H groups in total. The Morgan fingerprint density at radius 1 is 0.773 bits per heavy atom. The molecule has 12 nitrogen and oxygen atoms in total. The van der Waals surface area contributed by atoms with Crippen LogP contribution in [0.25, 0.3) is 22.3 Å². The van der Waals surface area contributed by atoms with E-state index in [-0.39, 0.29) is 50.7 Å². The molecule has 0 bridgehead atoms. The van der Waals surface area contributed by atoms with E-state index in [1.807, 2.05) is 0 Å². The van der Waals surface area contributed by atoms with Crippen molar-refractivity contribution in [2.45, 2.75) is 18.9 Å². The van der Waals surface area contributed by atoms with Crippen molar-refractivity contribution >= 4 is 22.7 Å². The first-order valence-electron chi connectivity index (χ1n) is 13.0. The van der Waals surface area contributed by atoms with Crippen molar-refractivity contribution in [3.8, 4) is 57.3 Å². The summed E-state index contributed by atoms with van der Waals surface area (Å²) in [5.41, 5.74) is -1.25. The van der Waals surface area contributed by atoms with Crippen LogP contribution in [0.15, 0.2) is 75.9 Å². The molecule has 0 saturated heterocycles. The van der Waals surface area contributed by atoms with Crippen LogP contribution in [0.1, 0.15) is 40.4 Å². The van der Waals surface area contributed by atoms with E-state index in [9.17, 15) is 45.0 Å². The minimum absolute atomic E-state index is 0.0895. The number of carbonyl (C=O) groups excluding carboxylic acids is 2. The van der Waals surface area contributed by atoms with Gasteiger partial charge in [0.05, 0.1) is 11.5 Å². The molecule has 1 aromatic heterocycles. The zero-order valence-corrected chi connectivity index (χ0v) is 22.6. The average molecular weight is 599 g/mol. The number of phenolic OH excluding ortho intramolecular Hbond substituents is 6. The predicted octanol–water partition coefficient (Wildman–Crippen LogP) is 4.72. The normalized spacial score (nSPS) is 15.9. The Balaban J connectivity index is 1.64. The monoisotopic (exact) mass is 598 g/mol. The van der Waals surface area contributed by atoms with Gasteiger partial charge in [-0.05, 0) is 35.9 Å². The number of ether oxygens (including phenoxy) is 2. The Bertz CT molecular complexity index is 2060. The average Bonchev–Trinajstić information content (AvgIpc) is 2.94. The molecule has 0 spiro atoms. The van der Waals surface area contributed by atoms with Crippen LogP contribution in [-0.2, 0) is 4.79 Å². The van der Waals surface area contributed by atoms with Gasteiger partial charge in [0.15, 0.2) is 22.7 Å². The quantitative estimate of drug-likeness (QED) is 0.0945.